The molecule has 0 radical (unpaired) electrons. The van der Waals surface area contributed by atoms with Crippen molar-refractivity contribution < 1.29 is 9.47 Å². The molecule has 0 rings (SSSR count). The topological polar surface area (TPSA) is 21.7 Å². The third-order valence-electron chi connectivity index (χ3n) is 1.62. The Morgan fingerprint density at radius 3 is 1.83 bits per heavy atom. The van der Waals surface area contributed by atoms with E-state index >= 15 is 0 Å². The molecule has 0 aromatic carbocycles. The van der Waals surface area contributed by atoms with E-state index in [-0.39, 0.29) is 0 Å². The van der Waals surface area contributed by atoms with Crippen molar-refractivity contribution in [2.75, 3.05) is 52.4 Å². The fourth-order valence-electron chi connectivity index (χ4n) is 0.896. The normalized spacial score (nSPS) is 11.0. The van der Waals surface area contributed by atoms with E-state index < -0.39 is 0 Å². The lowest BCUT2D eigenvalue weighted by Gasteiger charge is -2.19. The van der Waals surface area contributed by atoms with E-state index in [2.05, 4.69) is 20.8 Å². The molecule has 0 aliphatic heterocycles. The number of ether oxygens (including phenoxy) is 2. The smallest absolute Gasteiger partial charge is 0.0589 e. The predicted molar refractivity (Wildman–Crippen MR) is 54.0 cm³/mol. The minimum absolute atomic E-state index is 0.788. The fourth-order valence-corrected chi connectivity index (χ4v) is 1.40. The standard InChI is InChI=1S/C8H18BrNO2/c1-11-7-5-10(4-3-9)6-8-12-2/h3-8H2,1-2H3. The van der Waals surface area contributed by atoms with Gasteiger partial charge in [0, 0.05) is 39.2 Å². The van der Waals surface area contributed by atoms with Gasteiger partial charge in [-0.1, -0.05) is 15.9 Å². The zero-order valence-electron chi connectivity index (χ0n) is 7.88. The third kappa shape index (κ3) is 7.03. The van der Waals surface area contributed by atoms with E-state index in [0.717, 1.165) is 38.2 Å². The van der Waals surface area contributed by atoms with Gasteiger partial charge in [0.1, 0.15) is 0 Å². The second kappa shape index (κ2) is 9.45. The maximum Gasteiger partial charge on any atom is 0.0589 e. The summed E-state index contributed by atoms with van der Waals surface area (Å²) in [4.78, 5) is 2.31. The summed E-state index contributed by atoms with van der Waals surface area (Å²) in [6, 6.07) is 0. The van der Waals surface area contributed by atoms with E-state index in [4.69, 9.17) is 9.47 Å². The van der Waals surface area contributed by atoms with Crippen LogP contribution in [0.1, 0.15) is 0 Å². The number of rotatable bonds is 8. The Balaban J connectivity index is 3.40. The quantitative estimate of drug-likeness (QED) is 0.590. The Morgan fingerprint density at radius 2 is 1.50 bits per heavy atom. The maximum absolute atomic E-state index is 5.00. The molecule has 0 aliphatic rings. The molecule has 0 N–H and O–H groups in total. The SMILES string of the molecule is COCCN(CCBr)CCOC. The highest BCUT2D eigenvalue weighted by Gasteiger charge is 2.01. The Kier molecular flexibility index (Phi) is 9.73. The zero-order chi connectivity index (χ0) is 9.23. The van der Waals surface area contributed by atoms with Gasteiger partial charge in [-0.15, -0.1) is 0 Å². The van der Waals surface area contributed by atoms with Crippen molar-refractivity contribution in [1.82, 2.24) is 4.90 Å². The second-order valence-electron chi connectivity index (χ2n) is 2.52. The molecule has 0 aromatic rings. The van der Waals surface area contributed by atoms with Gasteiger partial charge in [-0.05, 0) is 0 Å². The Morgan fingerprint density at radius 1 is 1.00 bits per heavy atom. The highest BCUT2D eigenvalue weighted by molar-refractivity contribution is 9.09. The van der Waals surface area contributed by atoms with Crippen LogP contribution in [-0.4, -0.2) is 57.3 Å². The molecule has 0 aliphatic carbocycles. The number of halogens is 1. The van der Waals surface area contributed by atoms with Crippen molar-refractivity contribution in [2.24, 2.45) is 0 Å². The first kappa shape index (κ1) is 12.4. The molecular formula is C8H18BrNO2. The minimum Gasteiger partial charge on any atom is -0.383 e. The third-order valence-corrected chi connectivity index (χ3v) is 1.98. The van der Waals surface area contributed by atoms with Crippen molar-refractivity contribution in [2.45, 2.75) is 0 Å². The van der Waals surface area contributed by atoms with Crippen LogP contribution >= 0.6 is 15.9 Å². The van der Waals surface area contributed by atoms with Gasteiger partial charge in [0.25, 0.3) is 0 Å². The zero-order valence-corrected chi connectivity index (χ0v) is 9.47. The van der Waals surface area contributed by atoms with E-state index in [0.29, 0.717) is 0 Å². The summed E-state index contributed by atoms with van der Waals surface area (Å²) in [6.07, 6.45) is 0. The summed E-state index contributed by atoms with van der Waals surface area (Å²) in [6.45, 7) is 4.58. The van der Waals surface area contributed by atoms with Crippen LogP contribution in [0.25, 0.3) is 0 Å². The van der Waals surface area contributed by atoms with Gasteiger partial charge < -0.3 is 9.47 Å². The number of alkyl halides is 1. The van der Waals surface area contributed by atoms with Gasteiger partial charge in [0.05, 0.1) is 13.2 Å². The molecule has 0 bridgehead atoms. The van der Waals surface area contributed by atoms with Crippen molar-refractivity contribution in [3.05, 3.63) is 0 Å². The van der Waals surface area contributed by atoms with E-state index in [1.165, 1.54) is 0 Å². The molecule has 0 fully saturated rings. The lowest BCUT2D eigenvalue weighted by Crippen LogP contribution is -2.32. The van der Waals surface area contributed by atoms with Gasteiger partial charge in [-0.2, -0.15) is 0 Å². The molecule has 12 heavy (non-hydrogen) atoms. The van der Waals surface area contributed by atoms with Crippen LogP contribution in [-0.2, 0) is 9.47 Å². The van der Waals surface area contributed by atoms with Gasteiger partial charge in [0.2, 0.25) is 0 Å². The van der Waals surface area contributed by atoms with Crippen LogP contribution in [0.5, 0.6) is 0 Å². The average molecular weight is 240 g/mol. The summed E-state index contributed by atoms with van der Waals surface area (Å²) in [5.41, 5.74) is 0. The number of hydrogen-bond acceptors (Lipinski definition) is 3. The number of methoxy groups -OCH3 is 2. The molecule has 0 spiro atoms. The maximum atomic E-state index is 5.00. The summed E-state index contributed by atoms with van der Waals surface area (Å²) < 4.78 is 10.0. The molecule has 74 valence electrons. The van der Waals surface area contributed by atoms with Crippen molar-refractivity contribution in [3.63, 3.8) is 0 Å². The fraction of sp³-hybridized carbons (Fsp3) is 1.00. The highest BCUT2D eigenvalue weighted by atomic mass is 79.9. The molecular weight excluding hydrogens is 222 g/mol. The average Bonchev–Trinajstić information content (AvgIpc) is 2.10. The summed E-state index contributed by atoms with van der Waals surface area (Å²) in [5.74, 6) is 0. The molecule has 0 amide bonds. The first-order chi connectivity index (χ1) is 5.85. The predicted octanol–water partition coefficient (Wildman–Crippen LogP) is 0.976. The molecule has 0 aromatic heterocycles. The van der Waals surface area contributed by atoms with E-state index in [9.17, 15) is 0 Å². The van der Waals surface area contributed by atoms with E-state index in [1.807, 2.05) is 0 Å². The molecule has 4 heteroatoms. The van der Waals surface area contributed by atoms with Crippen LogP contribution in [0.2, 0.25) is 0 Å². The van der Waals surface area contributed by atoms with E-state index in [1.54, 1.807) is 14.2 Å². The number of nitrogens with zero attached hydrogens (tertiary/aromatic N) is 1. The summed E-state index contributed by atoms with van der Waals surface area (Å²) in [7, 11) is 3.45. The monoisotopic (exact) mass is 239 g/mol. The molecule has 0 saturated carbocycles. The lowest BCUT2D eigenvalue weighted by atomic mass is 10.5. The van der Waals surface area contributed by atoms with Crippen molar-refractivity contribution in [3.8, 4) is 0 Å². The van der Waals surface area contributed by atoms with Crippen LogP contribution in [0, 0.1) is 0 Å². The first-order valence-electron chi connectivity index (χ1n) is 4.11. The highest BCUT2D eigenvalue weighted by Crippen LogP contribution is 1.91. The van der Waals surface area contributed by atoms with Gasteiger partial charge in [-0.25, -0.2) is 0 Å². The van der Waals surface area contributed by atoms with Crippen LogP contribution in [0.3, 0.4) is 0 Å². The largest absolute Gasteiger partial charge is 0.383 e. The summed E-state index contributed by atoms with van der Waals surface area (Å²) >= 11 is 3.41. The minimum atomic E-state index is 0.788. The number of hydrogen-bond donors (Lipinski definition) is 0. The Labute approximate surface area is 83.1 Å². The molecule has 0 unspecified atom stereocenters. The van der Waals surface area contributed by atoms with Crippen molar-refractivity contribution in [1.29, 1.82) is 0 Å². The second-order valence-corrected chi connectivity index (χ2v) is 3.31. The van der Waals surface area contributed by atoms with Gasteiger partial charge in [0.15, 0.2) is 0 Å². The molecule has 0 saturated heterocycles. The Bertz CT molecular complexity index is 85.1. The van der Waals surface area contributed by atoms with Gasteiger partial charge >= 0.3 is 0 Å². The first-order valence-corrected chi connectivity index (χ1v) is 5.23. The molecule has 0 atom stereocenters. The van der Waals surface area contributed by atoms with Crippen LogP contribution < -0.4 is 0 Å². The van der Waals surface area contributed by atoms with Crippen LogP contribution in [0.15, 0.2) is 0 Å². The van der Waals surface area contributed by atoms with Crippen molar-refractivity contribution >= 4 is 15.9 Å². The molecule has 0 heterocycles. The van der Waals surface area contributed by atoms with Crippen LogP contribution in [0.4, 0.5) is 0 Å². The Hall–Kier alpha value is 0.360. The summed E-state index contributed by atoms with van der Waals surface area (Å²) in [5, 5.41) is 1.00. The molecule has 3 nitrogen and oxygen atoms in total. The van der Waals surface area contributed by atoms with Gasteiger partial charge in [-0.3, -0.25) is 4.90 Å². The lowest BCUT2D eigenvalue weighted by molar-refractivity contribution is 0.118.